The van der Waals surface area contributed by atoms with Crippen molar-refractivity contribution in [1.82, 2.24) is 15.2 Å². The molecule has 4 aliphatic rings. The summed E-state index contributed by atoms with van der Waals surface area (Å²) in [5.74, 6) is 10.2. The monoisotopic (exact) mass is 308 g/mol. The van der Waals surface area contributed by atoms with Gasteiger partial charge in [-0.15, -0.1) is 0 Å². The predicted molar refractivity (Wildman–Crippen MR) is 83.5 cm³/mol. The molecule has 4 saturated carbocycles. The Balaban J connectivity index is 1.68. The van der Waals surface area contributed by atoms with Gasteiger partial charge in [-0.1, -0.05) is 11.6 Å². The first-order valence-electron chi connectivity index (χ1n) is 8.38. The van der Waals surface area contributed by atoms with Crippen molar-refractivity contribution in [2.24, 2.45) is 35.4 Å². The second-order valence-corrected chi connectivity index (χ2v) is 7.75. The first-order valence-corrected chi connectivity index (χ1v) is 8.76. The van der Waals surface area contributed by atoms with Crippen molar-refractivity contribution in [2.75, 3.05) is 0 Å². The highest BCUT2D eigenvalue weighted by Crippen LogP contribution is 2.59. The summed E-state index contributed by atoms with van der Waals surface area (Å²) in [6.07, 6.45) is 8.83. The number of hydrogen-bond donors (Lipinski definition) is 2. The molecular weight excluding hydrogens is 284 g/mol. The van der Waals surface area contributed by atoms with Gasteiger partial charge in [0, 0.05) is 6.54 Å². The van der Waals surface area contributed by atoms with E-state index >= 15 is 0 Å². The molecule has 1 heterocycles. The third-order valence-electron chi connectivity index (χ3n) is 6.29. The van der Waals surface area contributed by atoms with E-state index in [0.717, 1.165) is 40.9 Å². The summed E-state index contributed by atoms with van der Waals surface area (Å²) in [4.78, 5) is 0. The molecule has 5 heteroatoms. The summed E-state index contributed by atoms with van der Waals surface area (Å²) in [6, 6.07) is 0.148. The molecule has 4 fully saturated rings. The van der Waals surface area contributed by atoms with E-state index in [0.29, 0.717) is 5.92 Å². The predicted octanol–water partition coefficient (Wildman–Crippen LogP) is 3.13. The molecule has 4 bridgehead atoms. The molecule has 4 aliphatic carbocycles. The Hall–Kier alpha value is -0.580. The lowest BCUT2D eigenvalue weighted by Gasteiger charge is -2.56. The second kappa shape index (κ2) is 5.25. The summed E-state index contributed by atoms with van der Waals surface area (Å²) < 4.78 is 2.01. The molecule has 4 nitrogen and oxygen atoms in total. The van der Waals surface area contributed by atoms with Crippen LogP contribution in [0.2, 0.25) is 5.02 Å². The highest BCUT2D eigenvalue weighted by atomic mass is 35.5. The highest BCUT2D eigenvalue weighted by molar-refractivity contribution is 6.31. The lowest BCUT2D eigenvalue weighted by atomic mass is 9.50. The molecular formula is C16H25ClN4. The average molecular weight is 309 g/mol. The van der Waals surface area contributed by atoms with Gasteiger partial charge in [0.25, 0.3) is 0 Å². The van der Waals surface area contributed by atoms with Gasteiger partial charge in [-0.25, -0.2) is 0 Å². The smallest absolute Gasteiger partial charge is 0.0834 e. The van der Waals surface area contributed by atoms with Crippen LogP contribution in [0.1, 0.15) is 50.8 Å². The minimum absolute atomic E-state index is 0.148. The van der Waals surface area contributed by atoms with Crippen molar-refractivity contribution in [3.05, 3.63) is 16.9 Å². The minimum atomic E-state index is 0.148. The van der Waals surface area contributed by atoms with Gasteiger partial charge in [-0.05, 0) is 68.6 Å². The van der Waals surface area contributed by atoms with E-state index in [9.17, 15) is 0 Å². The molecule has 0 aliphatic heterocycles. The number of nitrogens with two attached hydrogens (primary N) is 1. The Labute approximate surface area is 131 Å². The van der Waals surface area contributed by atoms with Crippen molar-refractivity contribution in [3.63, 3.8) is 0 Å². The van der Waals surface area contributed by atoms with Gasteiger partial charge < -0.3 is 0 Å². The normalized spacial score (nSPS) is 38.9. The molecule has 1 unspecified atom stereocenters. The van der Waals surface area contributed by atoms with Crippen LogP contribution in [0.3, 0.4) is 0 Å². The van der Waals surface area contributed by atoms with Crippen LogP contribution < -0.4 is 11.3 Å². The molecule has 1 aromatic rings. The van der Waals surface area contributed by atoms with Crippen molar-refractivity contribution >= 4 is 11.6 Å². The molecule has 21 heavy (non-hydrogen) atoms. The Morgan fingerprint density at radius 1 is 1.29 bits per heavy atom. The lowest BCUT2D eigenvalue weighted by molar-refractivity contribution is -0.0537. The molecule has 0 aromatic carbocycles. The van der Waals surface area contributed by atoms with Crippen LogP contribution in [-0.2, 0) is 6.54 Å². The quantitative estimate of drug-likeness (QED) is 0.663. The fourth-order valence-electron chi connectivity index (χ4n) is 5.82. The SMILES string of the molecule is CCn1ncc(Cl)c1C(NN)C1C2CC3CC(C2)CC1C3. The highest BCUT2D eigenvalue weighted by Gasteiger charge is 2.51. The standard InChI is InChI=1S/C16H25ClN4/c1-2-21-16(13(17)8-19-21)15(20-18)14-11-4-9-3-10(6-11)7-12(14)5-9/h8-12,14-15,20H,2-7,18H2,1H3. The maximum absolute atomic E-state index is 6.43. The van der Waals surface area contributed by atoms with Crippen LogP contribution in [-0.4, -0.2) is 9.78 Å². The van der Waals surface area contributed by atoms with Crippen molar-refractivity contribution in [1.29, 1.82) is 0 Å². The van der Waals surface area contributed by atoms with Gasteiger partial charge >= 0.3 is 0 Å². The van der Waals surface area contributed by atoms with E-state index < -0.39 is 0 Å². The number of rotatable bonds is 4. The number of hydrogen-bond acceptors (Lipinski definition) is 3. The number of hydrazine groups is 1. The van der Waals surface area contributed by atoms with E-state index in [4.69, 9.17) is 17.4 Å². The summed E-state index contributed by atoms with van der Waals surface area (Å²) in [7, 11) is 0. The van der Waals surface area contributed by atoms with E-state index in [-0.39, 0.29) is 6.04 Å². The topological polar surface area (TPSA) is 55.9 Å². The third kappa shape index (κ3) is 2.14. The maximum Gasteiger partial charge on any atom is 0.0834 e. The molecule has 5 rings (SSSR count). The largest absolute Gasteiger partial charge is 0.271 e. The average Bonchev–Trinajstić information content (AvgIpc) is 2.83. The molecule has 116 valence electrons. The number of nitrogens with zero attached hydrogens (tertiary/aromatic N) is 2. The van der Waals surface area contributed by atoms with Gasteiger partial charge in [0.15, 0.2) is 0 Å². The zero-order chi connectivity index (χ0) is 14.6. The molecule has 1 aromatic heterocycles. The molecule has 0 amide bonds. The molecule has 1 atom stereocenters. The van der Waals surface area contributed by atoms with E-state index in [1.807, 2.05) is 4.68 Å². The number of aryl methyl sites for hydroxylation is 1. The molecule has 0 saturated heterocycles. The van der Waals surface area contributed by atoms with Crippen LogP contribution in [0.15, 0.2) is 6.20 Å². The second-order valence-electron chi connectivity index (χ2n) is 7.35. The van der Waals surface area contributed by atoms with Crippen molar-refractivity contribution < 1.29 is 0 Å². The van der Waals surface area contributed by atoms with Crippen molar-refractivity contribution in [3.8, 4) is 0 Å². The van der Waals surface area contributed by atoms with E-state index in [2.05, 4.69) is 17.4 Å². The Bertz CT molecular complexity index is 498. The lowest BCUT2D eigenvalue weighted by Crippen LogP contribution is -2.51. The summed E-state index contributed by atoms with van der Waals surface area (Å²) >= 11 is 6.43. The first-order chi connectivity index (χ1) is 10.2. The summed E-state index contributed by atoms with van der Waals surface area (Å²) in [6.45, 7) is 2.95. The molecule has 3 N–H and O–H groups in total. The number of halogens is 1. The first kappa shape index (κ1) is 14.0. The Morgan fingerprint density at radius 3 is 2.43 bits per heavy atom. The van der Waals surface area contributed by atoms with Crippen LogP contribution in [0.5, 0.6) is 0 Å². The fourth-order valence-corrected chi connectivity index (χ4v) is 6.08. The zero-order valence-corrected chi connectivity index (χ0v) is 13.4. The van der Waals surface area contributed by atoms with E-state index in [1.165, 1.54) is 32.1 Å². The Morgan fingerprint density at radius 2 is 1.90 bits per heavy atom. The fraction of sp³-hybridized carbons (Fsp3) is 0.812. The minimum Gasteiger partial charge on any atom is -0.271 e. The van der Waals surface area contributed by atoms with Crippen LogP contribution in [0, 0.1) is 29.6 Å². The maximum atomic E-state index is 6.43. The number of aromatic nitrogens is 2. The zero-order valence-electron chi connectivity index (χ0n) is 12.6. The third-order valence-corrected chi connectivity index (χ3v) is 6.58. The van der Waals surface area contributed by atoms with Crippen LogP contribution >= 0.6 is 11.6 Å². The van der Waals surface area contributed by atoms with Gasteiger partial charge in [-0.3, -0.25) is 16.0 Å². The number of nitrogens with one attached hydrogen (secondary N) is 1. The summed E-state index contributed by atoms with van der Waals surface area (Å²) in [5.41, 5.74) is 4.20. The van der Waals surface area contributed by atoms with Gasteiger partial charge in [-0.2, -0.15) is 5.10 Å². The van der Waals surface area contributed by atoms with Gasteiger partial charge in [0.05, 0.1) is 23.0 Å². The van der Waals surface area contributed by atoms with Gasteiger partial charge in [0.1, 0.15) is 0 Å². The van der Waals surface area contributed by atoms with Crippen LogP contribution in [0.4, 0.5) is 0 Å². The Kier molecular flexibility index (Phi) is 3.51. The molecule has 0 radical (unpaired) electrons. The van der Waals surface area contributed by atoms with Crippen LogP contribution in [0.25, 0.3) is 0 Å². The molecule has 0 spiro atoms. The van der Waals surface area contributed by atoms with Gasteiger partial charge in [0.2, 0.25) is 0 Å². The van der Waals surface area contributed by atoms with Crippen molar-refractivity contribution in [2.45, 2.75) is 51.6 Å². The summed E-state index contributed by atoms with van der Waals surface area (Å²) in [5, 5.41) is 5.16. The van der Waals surface area contributed by atoms with E-state index in [1.54, 1.807) is 6.20 Å².